The van der Waals surface area contributed by atoms with E-state index in [2.05, 4.69) is 34.6 Å². The third-order valence-electron chi connectivity index (χ3n) is 7.32. The fourth-order valence-corrected chi connectivity index (χ4v) is 5.97. The maximum absolute atomic E-state index is 11.7. The third kappa shape index (κ3) is 4.67. The van der Waals surface area contributed by atoms with Crippen LogP contribution in [0.1, 0.15) is 56.9 Å². The number of esters is 1. The number of aliphatic hydroxyl groups is 1. The molecule has 0 spiro atoms. The molecule has 2 aliphatic heterocycles. The fourth-order valence-electron chi connectivity index (χ4n) is 5.97. The normalized spacial score (nSPS) is 26.5. The predicted molar refractivity (Wildman–Crippen MR) is 126 cm³/mol. The third-order valence-corrected chi connectivity index (χ3v) is 7.32. The largest absolute Gasteiger partial charge is 0.466 e. The minimum atomic E-state index is -0.970. The summed E-state index contributed by atoms with van der Waals surface area (Å²) >= 11 is 0. The number of benzene rings is 1. The molecule has 34 heavy (non-hydrogen) atoms. The Bertz CT molecular complexity index is 1080. The molecule has 184 valence electrons. The molecular formula is C26H34N2O6. The Balaban J connectivity index is 0.00000103. The second-order valence-corrected chi connectivity index (χ2v) is 9.25. The lowest BCUT2D eigenvalue weighted by Gasteiger charge is -2.50. The van der Waals surface area contributed by atoms with Crippen molar-refractivity contribution in [3.63, 3.8) is 0 Å². The first-order valence-electron chi connectivity index (χ1n) is 11.7. The van der Waals surface area contributed by atoms with Crippen LogP contribution in [0.15, 0.2) is 36.5 Å². The Morgan fingerprint density at radius 2 is 1.97 bits per heavy atom. The van der Waals surface area contributed by atoms with Gasteiger partial charge in [0, 0.05) is 49.7 Å². The SMILES string of the molecule is CCC12CCCN(/C=C/C(=O)OC)CCc3c(n(c4ccccc34)C(C)(O)C1)C2OC.O=C=O. The van der Waals surface area contributed by atoms with E-state index in [1.54, 1.807) is 7.11 Å². The van der Waals surface area contributed by atoms with Gasteiger partial charge in [-0.25, -0.2) is 4.79 Å². The van der Waals surface area contributed by atoms with Crippen molar-refractivity contribution >= 4 is 23.0 Å². The van der Waals surface area contributed by atoms with Crippen molar-refractivity contribution in [3.8, 4) is 0 Å². The molecule has 2 aromatic rings. The number of fused-ring (bicyclic) bond motifs is 4. The van der Waals surface area contributed by atoms with E-state index in [-0.39, 0.29) is 23.6 Å². The Morgan fingerprint density at radius 1 is 1.26 bits per heavy atom. The summed E-state index contributed by atoms with van der Waals surface area (Å²) in [7, 11) is 3.20. The van der Waals surface area contributed by atoms with Crippen molar-refractivity contribution < 1.29 is 29.0 Å². The molecule has 1 aromatic carbocycles. The average molecular weight is 471 g/mol. The fraction of sp³-hybridized carbons (Fsp3) is 0.538. The summed E-state index contributed by atoms with van der Waals surface area (Å²) in [6.45, 7) is 5.79. The van der Waals surface area contributed by atoms with Crippen molar-refractivity contribution in [1.29, 1.82) is 0 Å². The van der Waals surface area contributed by atoms with E-state index in [1.807, 2.05) is 19.2 Å². The molecule has 8 nitrogen and oxygen atoms in total. The summed E-state index contributed by atoms with van der Waals surface area (Å²) in [6.07, 6.45) is 7.85. The molecule has 1 aromatic heterocycles. The Kier molecular flexibility index (Phi) is 7.97. The van der Waals surface area contributed by atoms with Crippen LogP contribution in [0, 0.1) is 5.41 Å². The second kappa shape index (κ2) is 10.6. The highest BCUT2D eigenvalue weighted by Gasteiger charge is 2.52. The molecule has 0 amide bonds. The van der Waals surface area contributed by atoms with Gasteiger partial charge in [0.15, 0.2) is 0 Å². The average Bonchev–Trinajstić information content (AvgIpc) is 3.15. The maximum atomic E-state index is 11.7. The summed E-state index contributed by atoms with van der Waals surface area (Å²) in [6, 6.07) is 8.33. The molecule has 2 aliphatic rings. The van der Waals surface area contributed by atoms with Gasteiger partial charge in [0.05, 0.1) is 18.3 Å². The summed E-state index contributed by atoms with van der Waals surface area (Å²) in [5, 5.41) is 12.9. The van der Waals surface area contributed by atoms with Crippen LogP contribution in [0.2, 0.25) is 0 Å². The molecule has 0 saturated heterocycles. The number of para-hydroxylation sites is 1. The molecule has 2 bridgehead atoms. The zero-order chi connectivity index (χ0) is 24.9. The summed E-state index contributed by atoms with van der Waals surface area (Å²) in [5.74, 6) is -0.339. The van der Waals surface area contributed by atoms with Crippen molar-refractivity contribution in [2.45, 2.75) is 57.8 Å². The van der Waals surface area contributed by atoms with Gasteiger partial charge in [0.1, 0.15) is 11.8 Å². The first-order valence-corrected chi connectivity index (χ1v) is 11.7. The van der Waals surface area contributed by atoms with E-state index >= 15 is 0 Å². The smallest absolute Gasteiger partial charge is 0.373 e. The number of hydrogen-bond donors (Lipinski definition) is 1. The van der Waals surface area contributed by atoms with Gasteiger partial charge in [-0.2, -0.15) is 9.59 Å². The molecule has 3 atom stereocenters. The monoisotopic (exact) mass is 470 g/mol. The van der Waals surface area contributed by atoms with Crippen LogP contribution in [0.3, 0.4) is 0 Å². The molecule has 3 unspecified atom stereocenters. The summed E-state index contributed by atoms with van der Waals surface area (Å²) < 4.78 is 13.1. The van der Waals surface area contributed by atoms with E-state index in [1.165, 1.54) is 24.1 Å². The van der Waals surface area contributed by atoms with Gasteiger partial charge >= 0.3 is 12.1 Å². The van der Waals surface area contributed by atoms with Crippen LogP contribution < -0.4 is 0 Å². The number of rotatable bonds is 4. The molecule has 1 N–H and O–H groups in total. The number of aromatic nitrogens is 1. The number of hydrogen-bond acceptors (Lipinski definition) is 7. The van der Waals surface area contributed by atoms with Crippen molar-refractivity contribution in [1.82, 2.24) is 9.47 Å². The zero-order valence-electron chi connectivity index (χ0n) is 20.4. The molecule has 0 aliphatic carbocycles. The maximum Gasteiger partial charge on any atom is 0.373 e. The summed E-state index contributed by atoms with van der Waals surface area (Å²) in [5.41, 5.74) is 2.29. The molecule has 0 saturated carbocycles. The van der Waals surface area contributed by atoms with Crippen molar-refractivity contribution in [2.24, 2.45) is 5.41 Å². The van der Waals surface area contributed by atoms with Crippen LogP contribution in [-0.2, 0) is 36.0 Å². The van der Waals surface area contributed by atoms with E-state index in [9.17, 15) is 9.90 Å². The van der Waals surface area contributed by atoms with Crippen LogP contribution in [0.25, 0.3) is 10.9 Å². The highest BCUT2D eigenvalue weighted by atomic mass is 16.5. The highest BCUT2D eigenvalue weighted by Crippen LogP contribution is 2.56. The Morgan fingerprint density at radius 3 is 2.62 bits per heavy atom. The molecule has 8 heteroatoms. The van der Waals surface area contributed by atoms with Crippen molar-refractivity contribution in [3.05, 3.63) is 47.8 Å². The minimum absolute atomic E-state index is 0.0581. The lowest BCUT2D eigenvalue weighted by atomic mass is 9.66. The molecule has 0 radical (unpaired) electrons. The molecule has 3 heterocycles. The number of carbonyl (C=O) groups excluding carboxylic acids is 3. The number of nitrogens with zero attached hydrogens (tertiary/aromatic N) is 2. The molecule has 4 rings (SSSR count). The summed E-state index contributed by atoms with van der Waals surface area (Å²) in [4.78, 5) is 30.1. The van der Waals surface area contributed by atoms with Gasteiger partial charge in [-0.15, -0.1) is 0 Å². The van der Waals surface area contributed by atoms with Crippen LogP contribution in [-0.4, -0.2) is 54.0 Å². The minimum Gasteiger partial charge on any atom is -0.466 e. The molecule has 0 fully saturated rings. The Labute approximate surface area is 200 Å². The number of carbonyl (C=O) groups is 1. The van der Waals surface area contributed by atoms with Gasteiger partial charge in [0.25, 0.3) is 0 Å². The Hall–Kier alpha value is -2.93. The van der Waals surface area contributed by atoms with E-state index < -0.39 is 5.72 Å². The van der Waals surface area contributed by atoms with Crippen LogP contribution in [0.4, 0.5) is 0 Å². The predicted octanol–water partition coefficient (Wildman–Crippen LogP) is 3.54. The van der Waals surface area contributed by atoms with Crippen molar-refractivity contribution in [2.75, 3.05) is 27.3 Å². The first kappa shape index (κ1) is 25.7. The van der Waals surface area contributed by atoms with Crippen LogP contribution >= 0.6 is 0 Å². The lowest BCUT2D eigenvalue weighted by molar-refractivity contribution is -0.191. The lowest BCUT2D eigenvalue weighted by Crippen LogP contribution is -2.48. The standard InChI is InChI=1S/C25H34N2O4.CO2/c1-5-25-13-8-14-26(16-12-21(28)30-3)15-11-19-18-9-6-7-10-20(18)27(24(2,29)17-25)22(19)23(25)31-4;2-1-3/h6-7,9-10,12,16,23,29H,5,8,11,13-15,17H2,1-4H3;/b16-12+;. The van der Waals surface area contributed by atoms with E-state index in [0.717, 1.165) is 50.0 Å². The number of methoxy groups -OCH3 is 2. The van der Waals surface area contributed by atoms with Gasteiger partial charge in [-0.3, -0.25) is 0 Å². The zero-order valence-corrected chi connectivity index (χ0v) is 20.4. The highest BCUT2D eigenvalue weighted by molar-refractivity contribution is 5.86. The van der Waals surface area contributed by atoms with E-state index in [0.29, 0.717) is 6.42 Å². The van der Waals surface area contributed by atoms with Gasteiger partial charge in [-0.05, 0) is 44.2 Å². The second-order valence-electron chi connectivity index (χ2n) is 9.25. The van der Waals surface area contributed by atoms with Gasteiger partial charge in [0.2, 0.25) is 0 Å². The van der Waals surface area contributed by atoms with Gasteiger partial charge < -0.3 is 24.0 Å². The molecular weight excluding hydrogens is 436 g/mol. The van der Waals surface area contributed by atoms with E-state index in [4.69, 9.17) is 19.1 Å². The van der Waals surface area contributed by atoms with Gasteiger partial charge in [-0.1, -0.05) is 25.1 Å². The quantitative estimate of drug-likeness (QED) is 0.539. The number of ether oxygens (including phenoxy) is 2. The topological polar surface area (TPSA) is 98.1 Å². The van der Waals surface area contributed by atoms with Crippen LogP contribution in [0.5, 0.6) is 0 Å². The first-order chi connectivity index (χ1) is 16.3.